The van der Waals surface area contributed by atoms with E-state index < -0.39 is 0 Å². The average molecular weight is 251 g/mol. The maximum atomic E-state index is 5.71. The van der Waals surface area contributed by atoms with E-state index in [1.54, 1.807) is 24.4 Å². The fourth-order valence-electron chi connectivity index (χ4n) is 1.59. The summed E-state index contributed by atoms with van der Waals surface area (Å²) in [6, 6.07) is 0.304. The fraction of sp³-hybridized carbons (Fsp3) is 0.545. The van der Waals surface area contributed by atoms with Gasteiger partial charge in [-0.2, -0.15) is 0 Å². The number of thioether (sulfide) groups is 1. The van der Waals surface area contributed by atoms with E-state index in [4.69, 9.17) is 5.73 Å². The van der Waals surface area contributed by atoms with Gasteiger partial charge in [0, 0.05) is 6.04 Å². The Balaban J connectivity index is 1.84. The summed E-state index contributed by atoms with van der Waals surface area (Å²) in [7, 11) is 0. The third-order valence-corrected chi connectivity index (χ3v) is 3.56. The molecule has 2 aromatic heterocycles. The second kappa shape index (κ2) is 5.97. The number of fused-ring (bicyclic) bond motifs is 1. The summed E-state index contributed by atoms with van der Waals surface area (Å²) in [5.41, 5.74) is 7.37. The predicted octanol–water partition coefficient (Wildman–Crippen LogP) is 1.96. The van der Waals surface area contributed by atoms with E-state index in [1.165, 1.54) is 6.42 Å². The summed E-state index contributed by atoms with van der Waals surface area (Å²) in [6.07, 6.45) is 6.63. The number of nitrogens with one attached hydrogen (secondary N) is 1. The van der Waals surface area contributed by atoms with Crippen LogP contribution in [0.5, 0.6) is 0 Å². The molecule has 0 fully saturated rings. The fourth-order valence-corrected chi connectivity index (χ4v) is 2.55. The maximum absolute atomic E-state index is 5.71. The van der Waals surface area contributed by atoms with Crippen LogP contribution in [0, 0.1) is 0 Å². The van der Waals surface area contributed by atoms with Gasteiger partial charge in [-0.1, -0.05) is 6.42 Å². The number of imidazole rings is 1. The quantitative estimate of drug-likeness (QED) is 0.466. The van der Waals surface area contributed by atoms with Crippen LogP contribution in [0.15, 0.2) is 17.7 Å². The summed E-state index contributed by atoms with van der Waals surface area (Å²) in [5, 5.41) is 0.980. The van der Waals surface area contributed by atoms with Crippen LogP contribution in [-0.4, -0.2) is 31.7 Å². The molecule has 6 heteroatoms. The highest BCUT2D eigenvalue weighted by Crippen LogP contribution is 2.22. The first-order valence-corrected chi connectivity index (χ1v) is 6.78. The number of rotatable bonds is 6. The molecule has 0 aromatic carbocycles. The third-order valence-electron chi connectivity index (χ3n) is 2.48. The van der Waals surface area contributed by atoms with Gasteiger partial charge in [0.1, 0.15) is 16.9 Å². The summed E-state index contributed by atoms with van der Waals surface area (Å²) in [5.74, 6) is 1.05. The Kier molecular flexibility index (Phi) is 4.33. The molecule has 5 nitrogen and oxygen atoms in total. The maximum Gasteiger partial charge on any atom is 0.181 e. The molecule has 2 heterocycles. The molecular formula is C11H17N5S. The lowest BCUT2D eigenvalue weighted by Crippen LogP contribution is -2.14. The molecule has 0 saturated heterocycles. The summed E-state index contributed by atoms with van der Waals surface area (Å²) in [4.78, 5) is 15.5. The molecule has 2 aromatic rings. The average Bonchev–Trinajstić information content (AvgIpc) is 2.77. The van der Waals surface area contributed by atoms with E-state index in [1.807, 2.05) is 6.92 Å². The first kappa shape index (κ1) is 12.3. The molecule has 0 amide bonds. The Hall–Kier alpha value is -1.14. The monoisotopic (exact) mass is 251 g/mol. The zero-order valence-corrected chi connectivity index (χ0v) is 10.7. The van der Waals surface area contributed by atoms with Crippen LogP contribution in [0.1, 0.15) is 26.2 Å². The van der Waals surface area contributed by atoms with Crippen molar-refractivity contribution in [2.75, 3.05) is 5.75 Å². The first-order chi connectivity index (χ1) is 8.27. The lowest BCUT2D eigenvalue weighted by molar-refractivity contribution is 0.618. The van der Waals surface area contributed by atoms with Crippen molar-refractivity contribution >= 4 is 22.9 Å². The van der Waals surface area contributed by atoms with Crippen molar-refractivity contribution in [2.45, 2.75) is 37.3 Å². The van der Waals surface area contributed by atoms with Crippen molar-refractivity contribution in [1.82, 2.24) is 19.9 Å². The van der Waals surface area contributed by atoms with Crippen LogP contribution in [0.3, 0.4) is 0 Å². The molecule has 0 bridgehead atoms. The smallest absolute Gasteiger partial charge is 0.181 e. The van der Waals surface area contributed by atoms with Crippen molar-refractivity contribution in [3.8, 4) is 0 Å². The van der Waals surface area contributed by atoms with Crippen LogP contribution >= 0.6 is 11.8 Å². The Bertz CT molecular complexity index is 468. The lowest BCUT2D eigenvalue weighted by Gasteiger charge is -2.04. The van der Waals surface area contributed by atoms with Crippen molar-refractivity contribution in [3.63, 3.8) is 0 Å². The molecule has 17 heavy (non-hydrogen) atoms. The van der Waals surface area contributed by atoms with Gasteiger partial charge < -0.3 is 10.7 Å². The van der Waals surface area contributed by atoms with Gasteiger partial charge in [-0.3, -0.25) is 0 Å². The zero-order chi connectivity index (χ0) is 12.1. The molecule has 1 atom stereocenters. The highest BCUT2D eigenvalue weighted by Gasteiger charge is 2.05. The van der Waals surface area contributed by atoms with E-state index in [0.717, 1.165) is 34.8 Å². The summed E-state index contributed by atoms with van der Waals surface area (Å²) in [6.45, 7) is 2.05. The first-order valence-electron chi connectivity index (χ1n) is 5.80. The van der Waals surface area contributed by atoms with Crippen LogP contribution in [0.25, 0.3) is 11.2 Å². The lowest BCUT2D eigenvalue weighted by atomic mass is 10.2. The number of nitrogens with two attached hydrogens (primary N) is 1. The number of hydrogen-bond donors (Lipinski definition) is 2. The number of nitrogens with zero attached hydrogens (tertiary/aromatic N) is 3. The molecule has 0 aliphatic rings. The van der Waals surface area contributed by atoms with Gasteiger partial charge in [-0.05, 0) is 25.5 Å². The number of aromatic amines is 1. The van der Waals surface area contributed by atoms with Gasteiger partial charge in [-0.25, -0.2) is 15.0 Å². The molecule has 0 radical (unpaired) electrons. The predicted molar refractivity (Wildman–Crippen MR) is 69.9 cm³/mol. The Morgan fingerprint density at radius 3 is 3.06 bits per heavy atom. The second-order valence-corrected chi connectivity index (χ2v) is 5.19. The van der Waals surface area contributed by atoms with Gasteiger partial charge in [-0.15, -0.1) is 11.8 Å². The van der Waals surface area contributed by atoms with Crippen molar-refractivity contribution in [1.29, 1.82) is 0 Å². The SMILES string of the molecule is CC(N)CCCCSc1ncnc2nc[nH]c12. The number of H-pyrrole nitrogens is 1. The van der Waals surface area contributed by atoms with E-state index in [0.29, 0.717) is 6.04 Å². The molecule has 0 aliphatic heterocycles. The number of hydrogen-bond acceptors (Lipinski definition) is 5. The Labute approximate surface area is 105 Å². The largest absolute Gasteiger partial charge is 0.341 e. The van der Waals surface area contributed by atoms with E-state index in [9.17, 15) is 0 Å². The highest BCUT2D eigenvalue weighted by atomic mass is 32.2. The van der Waals surface area contributed by atoms with Crippen LogP contribution in [0.2, 0.25) is 0 Å². The number of aromatic nitrogens is 4. The van der Waals surface area contributed by atoms with Gasteiger partial charge in [0.2, 0.25) is 0 Å². The van der Waals surface area contributed by atoms with Crippen LogP contribution in [-0.2, 0) is 0 Å². The van der Waals surface area contributed by atoms with E-state index in [-0.39, 0.29) is 0 Å². The Morgan fingerprint density at radius 2 is 2.24 bits per heavy atom. The van der Waals surface area contributed by atoms with Crippen molar-refractivity contribution < 1.29 is 0 Å². The molecule has 92 valence electrons. The van der Waals surface area contributed by atoms with Crippen LogP contribution in [0.4, 0.5) is 0 Å². The molecule has 0 aliphatic carbocycles. The standard InChI is InChI=1S/C11H17N5S/c1-8(12)4-2-3-5-17-11-9-10(14-6-13-9)15-7-16-11/h6-8H,2-5,12H2,1H3,(H,13,14,15,16). The minimum atomic E-state index is 0.304. The zero-order valence-electron chi connectivity index (χ0n) is 9.89. The highest BCUT2D eigenvalue weighted by molar-refractivity contribution is 7.99. The summed E-state index contributed by atoms with van der Waals surface area (Å²) >= 11 is 1.74. The third kappa shape index (κ3) is 3.41. The van der Waals surface area contributed by atoms with Gasteiger partial charge in [0.25, 0.3) is 0 Å². The van der Waals surface area contributed by atoms with E-state index >= 15 is 0 Å². The minimum absolute atomic E-state index is 0.304. The molecular weight excluding hydrogens is 234 g/mol. The Morgan fingerprint density at radius 1 is 1.35 bits per heavy atom. The molecule has 2 rings (SSSR count). The normalized spacial score (nSPS) is 13.1. The molecule has 0 spiro atoms. The molecule has 3 N–H and O–H groups in total. The minimum Gasteiger partial charge on any atom is -0.341 e. The number of unbranched alkanes of at least 4 members (excludes halogenated alkanes) is 1. The van der Waals surface area contributed by atoms with Crippen molar-refractivity contribution in [3.05, 3.63) is 12.7 Å². The summed E-state index contributed by atoms with van der Waals surface area (Å²) < 4.78 is 0. The topological polar surface area (TPSA) is 80.5 Å². The van der Waals surface area contributed by atoms with Crippen molar-refractivity contribution in [2.24, 2.45) is 5.73 Å². The second-order valence-electron chi connectivity index (χ2n) is 4.10. The molecule has 0 saturated carbocycles. The molecule has 1 unspecified atom stereocenters. The van der Waals surface area contributed by atoms with Gasteiger partial charge >= 0.3 is 0 Å². The van der Waals surface area contributed by atoms with Gasteiger partial charge in [0.15, 0.2) is 5.65 Å². The van der Waals surface area contributed by atoms with Gasteiger partial charge in [0.05, 0.1) is 6.33 Å². The van der Waals surface area contributed by atoms with Crippen LogP contribution < -0.4 is 5.73 Å². The van der Waals surface area contributed by atoms with E-state index in [2.05, 4.69) is 19.9 Å².